The summed E-state index contributed by atoms with van der Waals surface area (Å²) >= 11 is 5.65. The van der Waals surface area contributed by atoms with Gasteiger partial charge in [0.1, 0.15) is 5.82 Å². The van der Waals surface area contributed by atoms with E-state index in [2.05, 4.69) is 5.32 Å². The molecule has 0 heterocycles. The van der Waals surface area contributed by atoms with Gasteiger partial charge in [-0.05, 0) is 31.0 Å². The van der Waals surface area contributed by atoms with Crippen molar-refractivity contribution in [1.82, 2.24) is 5.32 Å². The third kappa shape index (κ3) is 3.67. The molecule has 1 aromatic rings. The molecule has 1 amide bonds. The fourth-order valence-electron chi connectivity index (χ4n) is 2.38. The second-order valence-electron chi connectivity index (χ2n) is 4.91. The van der Waals surface area contributed by atoms with Gasteiger partial charge < -0.3 is 10.4 Å². The Hall–Kier alpha value is -1.13. The minimum atomic E-state index is -0.645. The second kappa shape index (κ2) is 6.35. The van der Waals surface area contributed by atoms with Gasteiger partial charge in [-0.1, -0.05) is 30.9 Å². The molecule has 0 aliphatic heterocycles. The Labute approximate surface area is 116 Å². The lowest BCUT2D eigenvalue weighted by Crippen LogP contribution is -2.42. The fraction of sp³-hybridized carbons (Fsp3) is 0.500. The van der Waals surface area contributed by atoms with Gasteiger partial charge in [-0.15, -0.1) is 0 Å². The molecular formula is C14H17ClFNO2. The van der Waals surface area contributed by atoms with Gasteiger partial charge in [0.2, 0.25) is 0 Å². The Bertz CT molecular complexity index is 467. The Balaban J connectivity index is 2.07. The number of aliphatic hydroxyl groups excluding tert-OH is 1. The summed E-state index contributed by atoms with van der Waals surface area (Å²) in [6.45, 7) is 0. The first-order chi connectivity index (χ1) is 9.08. The van der Waals surface area contributed by atoms with E-state index in [0.29, 0.717) is 6.42 Å². The zero-order valence-electron chi connectivity index (χ0n) is 10.5. The molecule has 19 heavy (non-hydrogen) atoms. The van der Waals surface area contributed by atoms with E-state index in [1.165, 1.54) is 12.1 Å². The fourth-order valence-corrected chi connectivity index (χ4v) is 2.53. The molecular weight excluding hydrogens is 269 g/mol. The van der Waals surface area contributed by atoms with Crippen LogP contribution in [0.25, 0.3) is 0 Å². The summed E-state index contributed by atoms with van der Waals surface area (Å²) < 4.78 is 13.6. The van der Waals surface area contributed by atoms with E-state index in [0.717, 1.165) is 31.7 Å². The third-order valence-corrected chi connectivity index (χ3v) is 3.71. The molecule has 2 N–H and O–H groups in total. The number of aliphatic hydroxyl groups is 1. The van der Waals surface area contributed by atoms with Gasteiger partial charge in [0.05, 0.1) is 17.7 Å². The molecule has 3 nitrogen and oxygen atoms in total. The number of amides is 1. The average Bonchev–Trinajstić information content (AvgIpc) is 2.55. The molecule has 2 unspecified atom stereocenters. The maximum absolute atomic E-state index is 13.6. The van der Waals surface area contributed by atoms with Crippen LogP contribution in [-0.2, 0) is 0 Å². The highest BCUT2D eigenvalue weighted by molar-refractivity contribution is 6.30. The molecule has 0 aromatic heterocycles. The van der Waals surface area contributed by atoms with E-state index >= 15 is 0 Å². The van der Waals surface area contributed by atoms with Crippen molar-refractivity contribution in [3.63, 3.8) is 0 Å². The number of rotatable bonds is 2. The second-order valence-corrected chi connectivity index (χ2v) is 5.35. The van der Waals surface area contributed by atoms with Crippen LogP contribution in [0.15, 0.2) is 18.2 Å². The first kappa shape index (κ1) is 14.3. The van der Waals surface area contributed by atoms with E-state index in [4.69, 9.17) is 11.6 Å². The lowest BCUT2D eigenvalue weighted by atomic mass is 10.1. The largest absolute Gasteiger partial charge is 0.391 e. The van der Waals surface area contributed by atoms with E-state index in [1.807, 2.05) is 0 Å². The van der Waals surface area contributed by atoms with Crippen molar-refractivity contribution in [2.75, 3.05) is 0 Å². The smallest absolute Gasteiger partial charge is 0.254 e. The summed E-state index contributed by atoms with van der Waals surface area (Å²) in [7, 11) is 0. The van der Waals surface area contributed by atoms with Gasteiger partial charge in [0, 0.05) is 5.02 Å². The van der Waals surface area contributed by atoms with E-state index in [-0.39, 0.29) is 16.6 Å². The molecule has 0 bridgehead atoms. The first-order valence-corrected chi connectivity index (χ1v) is 6.89. The molecule has 2 rings (SSSR count). The highest BCUT2D eigenvalue weighted by atomic mass is 35.5. The lowest BCUT2D eigenvalue weighted by Gasteiger charge is -2.21. The molecule has 0 spiro atoms. The average molecular weight is 286 g/mol. The van der Waals surface area contributed by atoms with Crippen LogP contribution in [0.5, 0.6) is 0 Å². The molecule has 1 aliphatic carbocycles. The monoisotopic (exact) mass is 285 g/mol. The number of halogens is 2. The quantitative estimate of drug-likeness (QED) is 0.821. The number of hydrogen-bond acceptors (Lipinski definition) is 2. The molecule has 0 saturated heterocycles. The minimum absolute atomic E-state index is 0.0409. The van der Waals surface area contributed by atoms with Crippen molar-refractivity contribution >= 4 is 17.5 Å². The Morgan fingerprint density at radius 1 is 1.32 bits per heavy atom. The van der Waals surface area contributed by atoms with Gasteiger partial charge in [0.25, 0.3) is 5.91 Å². The SMILES string of the molecule is O=C(NC1CCCCCC1O)c1ccc(Cl)cc1F. The molecule has 1 fully saturated rings. The maximum atomic E-state index is 13.6. The Kier molecular flexibility index (Phi) is 4.77. The number of carbonyl (C=O) groups excluding carboxylic acids is 1. The van der Waals surface area contributed by atoms with Crippen LogP contribution >= 0.6 is 11.6 Å². The summed E-state index contributed by atoms with van der Waals surface area (Å²) in [4.78, 5) is 12.0. The van der Waals surface area contributed by atoms with Crippen LogP contribution in [-0.4, -0.2) is 23.2 Å². The number of nitrogens with one attached hydrogen (secondary N) is 1. The van der Waals surface area contributed by atoms with Gasteiger partial charge in [0.15, 0.2) is 0 Å². The lowest BCUT2D eigenvalue weighted by molar-refractivity contribution is 0.0815. The molecule has 1 aromatic carbocycles. The molecule has 0 radical (unpaired) electrons. The van der Waals surface area contributed by atoms with Crippen molar-refractivity contribution in [2.45, 2.75) is 44.2 Å². The molecule has 5 heteroatoms. The Morgan fingerprint density at radius 2 is 2.05 bits per heavy atom. The summed E-state index contributed by atoms with van der Waals surface area (Å²) in [5.41, 5.74) is -0.0409. The van der Waals surface area contributed by atoms with E-state index in [9.17, 15) is 14.3 Å². The third-order valence-electron chi connectivity index (χ3n) is 3.47. The summed E-state index contributed by atoms with van der Waals surface area (Å²) in [5, 5.41) is 12.9. The molecule has 1 saturated carbocycles. The predicted molar refractivity (Wildman–Crippen MR) is 71.8 cm³/mol. The van der Waals surface area contributed by atoms with Gasteiger partial charge in [-0.3, -0.25) is 4.79 Å². The van der Waals surface area contributed by atoms with Crippen LogP contribution in [0, 0.1) is 5.82 Å². The summed E-state index contributed by atoms with van der Waals surface area (Å²) in [5.74, 6) is -1.15. The van der Waals surface area contributed by atoms with Crippen LogP contribution in [0.1, 0.15) is 42.5 Å². The van der Waals surface area contributed by atoms with Gasteiger partial charge >= 0.3 is 0 Å². The van der Waals surface area contributed by atoms with E-state index < -0.39 is 17.8 Å². The minimum Gasteiger partial charge on any atom is -0.391 e. The number of hydrogen-bond donors (Lipinski definition) is 2. The van der Waals surface area contributed by atoms with Gasteiger partial charge in [-0.25, -0.2) is 4.39 Å². The molecule has 1 aliphatic rings. The van der Waals surface area contributed by atoms with Crippen molar-refractivity contribution < 1.29 is 14.3 Å². The molecule has 104 valence electrons. The number of benzene rings is 1. The van der Waals surface area contributed by atoms with Crippen LogP contribution < -0.4 is 5.32 Å². The highest BCUT2D eigenvalue weighted by Gasteiger charge is 2.24. The highest BCUT2D eigenvalue weighted by Crippen LogP contribution is 2.19. The van der Waals surface area contributed by atoms with Crippen molar-refractivity contribution in [3.05, 3.63) is 34.6 Å². The van der Waals surface area contributed by atoms with Crippen LogP contribution in [0.3, 0.4) is 0 Å². The summed E-state index contributed by atoms with van der Waals surface area (Å²) in [6.07, 6.45) is 3.82. The normalized spacial score (nSPS) is 23.7. The van der Waals surface area contributed by atoms with Crippen LogP contribution in [0.2, 0.25) is 5.02 Å². The van der Waals surface area contributed by atoms with E-state index in [1.54, 1.807) is 0 Å². The zero-order valence-corrected chi connectivity index (χ0v) is 11.3. The maximum Gasteiger partial charge on any atom is 0.254 e. The molecule has 2 atom stereocenters. The Morgan fingerprint density at radius 3 is 2.79 bits per heavy atom. The predicted octanol–water partition coefficient (Wildman–Crippen LogP) is 2.90. The van der Waals surface area contributed by atoms with Gasteiger partial charge in [-0.2, -0.15) is 0 Å². The van der Waals surface area contributed by atoms with Crippen LogP contribution in [0.4, 0.5) is 4.39 Å². The topological polar surface area (TPSA) is 49.3 Å². The number of carbonyl (C=O) groups is 1. The first-order valence-electron chi connectivity index (χ1n) is 6.52. The standard InChI is InChI=1S/C14H17ClFNO2/c15-9-6-7-10(11(16)8-9)14(19)17-12-4-2-1-3-5-13(12)18/h6-8,12-13,18H,1-5H2,(H,17,19). The van der Waals surface area contributed by atoms with Crippen molar-refractivity contribution in [3.8, 4) is 0 Å². The summed E-state index contributed by atoms with van der Waals surface area (Å²) in [6, 6.07) is 3.64. The van der Waals surface area contributed by atoms with Crippen molar-refractivity contribution in [1.29, 1.82) is 0 Å². The van der Waals surface area contributed by atoms with Crippen molar-refractivity contribution in [2.24, 2.45) is 0 Å². The zero-order chi connectivity index (χ0) is 13.8.